The third-order valence-corrected chi connectivity index (χ3v) is 2.55. The number of hydrogen-bond donors (Lipinski definition) is 1. The zero-order chi connectivity index (χ0) is 11.5. The average Bonchev–Trinajstić information content (AvgIpc) is 2.36. The topological polar surface area (TPSA) is 46.5 Å². The van der Waals surface area contributed by atoms with Gasteiger partial charge in [-0.2, -0.15) is 0 Å². The Morgan fingerprint density at radius 2 is 1.88 bits per heavy atom. The summed E-state index contributed by atoms with van der Waals surface area (Å²) in [4.78, 5) is 11.5. The van der Waals surface area contributed by atoms with Crippen molar-refractivity contribution in [2.75, 3.05) is 13.7 Å². The van der Waals surface area contributed by atoms with Crippen LogP contribution in [0, 0.1) is 0 Å². The molecule has 0 bridgehead atoms. The van der Waals surface area contributed by atoms with Gasteiger partial charge in [0.1, 0.15) is 12.4 Å². The van der Waals surface area contributed by atoms with Crippen LogP contribution in [0.15, 0.2) is 36.4 Å². The maximum absolute atomic E-state index is 11.5. The maximum atomic E-state index is 11.5. The highest BCUT2D eigenvalue weighted by Crippen LogP contribution is 2.28. The summed E-state index contributed by atoms with van der Waals surface area (Å²) >= 11 is 0. The highest BCUT2D eigenvalue weighted by atomic mass is 16.5. The quantitative estimate of drug-likeness (QED) is 0.798. The summed E-state index contributed by atoms with van der Waals surface area (Å²) in [5.41, 5.74) is 0.527. The number of methoxy groups -OCH3 is 1. The van der Waals surface area contributed by atoms with E-state index in [4.69, 9.17) is 9.84 Å². The molecule has 1 N–H and O–H groups in total. The van der Waals surface area contributed by atoms with E-state index in [1.165, 1.54) is 0 Å². The summed E-state index contributed by atoms with van der Waals surface area (Å²) in [6.07, 6.45) is 0. The maximum Gasteiger partial charge on any atom is 0.188 e. The van der Waals surface area contributed by atoms with Gasteiger partial charge in [-0.25, -0.2) is 0 Å². The molecule has 0 saturated heterocycles. The minimum Gasteiger partial charge on any atom is -0.496 e. The van der Waals surface area contributed by atoms with Gasteiger partial charge in [0, 0.05) is 10.9 Å². The minimum atomic E-state index is -0.476. The van der Waals surface area contributed by atoms with E-state index in [-0.39, 0.29) is 5.78 Å². The Hall–Kier alpha value is -1.87. The van der Waals surface area contributed by atoms with Crippen molar-refractivity contribution in [3.05, 3.63) is 42.0 Å². The number of fused-ring (bicyclic) bond motifs is 1. The molecule has 0 aliphatic carbocycles. The van der Waals surface area contributed by atoms with Crippen LogP contribution in [-0.4, -0.2) is 24.6 Å². The molecule has 2 aromatic carbocycles. The molecule has 0 spiro atoms. The zero-order valence-corrected chi connectivity index (χ0v) is 8.93. The van der Waals surface area contributed by atoms with Crippen LogP contribution in [0.1, 0.15) is 10.4 Å². The first-order chi connectivity index (χ1) is 7.77. The number of aliphatic hydroxyl groups excluding tert-OH is 1. The second-order valence-corrected chi connectivity index (χ2v) is 3.44. The summed E-state index contributed by atoms with van der Waals surface area (Å²) < 4.78 is 5.22. The smallest absolute Gasteiger partial charge is 0.188 e. The molecule has 0 atom stereocenters. The lowest BCUT2D eigenvalue weighted by molar-refractivity contribution is 0.0905. The number of carbonyl (C=O) groups is 1. The van der Waals surface area contributed by atoms with E-state index < -0.39 is 6.61 Å². The molecule has 82 valence electrons. The number of aliphatic hydroxyl groups is 1. The molecule has 0 aliphatic heterocycles. The number of rotatable bonds is 3. The number of benzene rings is 2. The standard InChI is InChI=1S/C13H12O3/c1-16-13-7-6-10(12(15)8-14)9-4-2-3-5-11(9)13/h2-7,14H,8H2,1H3. The lowest BCUT2D eigenvalue weighted by atomic mass is 10.0. The molecular weight excluding hydrogens is 204 g/mol. The van der Waals surface area contributed by atoms with E-state index in [0.29, 0.717) is 5.56 Å². The molecule has 0 saturated carbocycles. The highest BCUT2D eigenvalue weighted by Gasteiger charge is 2.11. The molecule has 0 fully saturated rings. The zero-order valence-electron chi connectivity index (χ0n) is 8.93. The van der Waals surface area contributed by atoms with Gasteiger partial charge in [-0.1, -0.05) is 24.3 Å². The molecule has 16 heavy (non-hydrogen) atoms. The van der Waals surface area contributed by atoms with Crippen molar-refractivity contribution in [3.8, 4) is 5.75 Å². The lowest BCUT2D eigenvalue weighted by Gasteiger charge is -2.08. The number of Topliss-reactive ketones (excluding diaryl/α,β-unsaturated/α-hetero) is 1. The number of ether oxygens (including phenoxy) is 1. The summed E-state index contributed by atoms with van der Waals surface area (Å²) in [5, 5.41) is 10.6. The van der Waals surface area contributed by atoms with E-state index in [9.17, 15) is 4.79 Å². The van der Waals surface area contributed by atoms with Crippen molar-refractivity contribution in [1.29, 1.82) is 0 Å². The van der Waals surface area contributed by atoms with Crippen LogP contribution in [0.4, 0.5) is 0 Å². The van der Waals surface area contributed by atoms with E-state index >= 15 is 0 Å². The minimum absolute atomic E-state index is 0.279. The van der Waals surface area contributed by atoms with Crippen LogP contribution in [-0.2, 0) is 0 Å². The molecule has 3 nitrogen and oxygen atoms in total. The van der Waals surface area contributed by atoms with Crippen molar-refractivity contribution >= 4 is 16.6 Å². The Morgan fingerprint density at radius 3 is 2.50 bits per heavy atom. The SMILES string of the molecule is COc1ccc(C(=O)CO)c2ccccc12. The first-order valence-electron chi connectivity index (χ1n) is 4.97. The third-order valence-electron chi connectivity index (χ3n) is 2.55. The van der Waals surface area contributed by atoms with Gasteiger partial charge in [0.15, 0.2) is 5.78 Å². The predicted octanol–water partition coefficient (Wildman–Crippen LogP) is 2.02. The average molecular weight is 216 g/mol. The van der Waals surface area contributed by atoms with Gasteiger partial charge < -0.3 is 9.84 Å². The number of hydrogen-bond acceptors (Lipinski definition) is 3. The van der Waals surface area contributed by atoms with Crippen LogP contribution < -0.4 is 4.74 Å². The van der Waals surface area contributed by atoms with Crippen molar-refractivity contribution in [3.63, 3.8) is 0 Å². The Morgan fingerprint density at radius 1 is 1.19 bits per heavy atom. The lowest BCUT2D eigenvalue weighted by Crippen LogP contribution is -2.05. The van der Waals surface area contributed by atoms with E-state index in [1.807, 2.05) is 24.3 Å². The van der Waals surface area contributed by atoms with Gasteiger partial charge in [-0.3, -0.25) is 4.79 Å². The van der Waals surface area contributed by atoms with Crippen molar-refractivity contribution < 1.29 is 14.6 Å². The molecule has 0 heterocycles. The number of ketones is 1. The normalized spacial score (nSPS) is 10.4. The summed E-state index contributed by atoms with van der Waals surface area (Å²) in [6.45, 7) is -0.476. The van der Waals surface area contributed by atoms with Crippen molar-refractivity contribution in [2.45, 2.75) is 0 Å². The van der Waals surface area contributed by atoms with E-state index in [0.717, 1.165) is 16.5 Å². The first-order valence-corrected chi connectivity index (χ1v) is 4.97. The molecule has 3 heteroatoms. The predicted molar refractivity (Wildman–Crippen MR) is 61.9 cm³/mol. The summed E-state index contributed by atoms with van der Waals surface area (Å²) in [6, 6.07) is 10.9. The van der Waals surface area contributed by atoms with E-state index in [2.05, 4.69) is 0 Å². The fourth-order valence-corrected chi connectivity index (χ4v) is 1.78. The fraction of sp³-hybridized carbons (Fsp3) is 0.154. The van der Waals surface area contributed by atoms with Gasteiger partial charge in [0.25, 0.3) is 0 Å². The molecule has 0 unspecified atom stereocenters. The first kappa shape index (κ1) is 10.6. The van der Waals surface area contributed by atoms with Gasteiger partial charge in [-0.15, -0.1) is 0 Å². The van der Waals surface area contributed by atoms with Gasteiger partial charge >= 0.3 is 0 Å². The molecule has 2 aromatic rings. The Bertz CT molecular complexity index is 532. The molecular formula is C13H12O3. The Balaban J connectivity index is 2.74. The van der Waals surface area contributed by atoms with Crippen LogP contribution in [0.3, 0.4) is 0 Å². The summed E-state index contributed by atoms with van der Waals surface area (Å²) in [7, 11) is 1.59. The monoisotopic (exact) mass is 216 g/mol. The van der Waals surface area contributed by atoms with Crippen LogP contribution in [0.25, 0.3) is 10.8 Å². The van der Waals surface area contributed by atoms with Crippen LogP contribution in [0.2, 0.25) is 0 Å². The molecule has 2 rings (SSSR count). The largest absolute Gasteiger partial charge is 0.496 e. The fourth-order valence-electron chi connectivity index (χ4n) is 1.78. The van der Waals surface area contributed by atoms with Crippen LogP contribution >= 0.6 is 0 Å². The van der Waals surface area contributed by atoms with Gasteiger partial charge in [-0.05, 0) is 17.5 Å². The third kappa shape index (κ3) is 1.66. The van der Waals surface area contributed by atoms with Gasteiger partial charge in [0.05, 0.1) is 7.11 Å². The second kappa shape index (κ2) is 4.33. The molecule has 0 aromatic heterocycles. The second-order valence-electron chi connectivity index (χ2n) is 3.44. The highest BCUT2D eigenvalue weighted by molar-refractivity contribution is 6.10. The molecule has 0 aliphatic rings. The van der Waals surface area contributed by atoms with Crippen molar-refractivity contribution in [1.82, 2.24) is 0 Å². The van der Waals surface area contributed by atoms with Crippen molar-refractivity contribution in [2.24, 2.45) is 0 Å². The Labute approximate surface area is 93.3 Å². The van der Waals surface area contributed by atoms with E-state index in [1.54, 1.807) is 19.2 Å². The number of carbonyl (C=O) groups excluding carboxylic acids is 1. The molecule has 0 amide bonds. The summed E-state index contributed by atoms with van der Waals surface area (Å²) in [5.74, 6) is 0.448. The Kier molecular flexibility index (Phi) is 2.88. The molecule has 0 radical (unpaired) electrons. The van der Waals surface area contributed by atoms with Crippen LogP contribution in [0.5, 0.6) is 5.75 Å². The van der Waals surface area contributed by atoms with Gasteiger partial charge in [0.2, 0.25) is 0 Å².